The van der Waals surface area contributed by atoms with Crippen LogP contribution in [0.4, 0.5) is 5.69 Å². The summed E-state index contributed by atoms with van der Waals surface area (Å²) in [6.07, 6.45) is 20.2. The zero-order valence-corrected chi connectivity index (χ0v) is 20.0. The van der Waals surface area contributed by atoms with Crippen molar-refractivity contribution in [1.82, 2.24) is 0 Å². The Kier molecular flexibility index (Phi) is 15.1. The summed E-state index contributed by atoms with van der Waals surface area (Å²) in [6, 6.07) is 4.05. The van der Waals surface area contributed by atoms with Crippen LogP contribution in [-0.2, 0) is 9.59 Å². The molecule has 0 atom stereocenters. The molecule has 182 valence electrons. The summed E-state index contributed by atoms with van der Waals surface area (Å²) >= 11 is 0. The maximum absolute atomic E-state index is 12.1. The number of nitrogens with zero attached hydrogens (tertiary/aromatic N) is 1. The molecule has 1 rings (SSSR count). The lowest BCUT2D eigenvalue weighted by Crippen LogP contribution is -2.41. The molecule has 1 aromatic rings. The summed E-state index contributed by atoms with van der Waals surface area (Å²) in [5.74, 6) is -2.45. The summed E-state index contributed by atoms with van der Waals surface area (Å²) in [7, 11) is 0. The van der Waals surface area contributed by atoms with Gasteiger partial charge >= 0.3 is 11.8 Å². The number of carbonyl (C=O) groups excluding carboxylic acids is 2. The van der Waals surface area contributed by atoms with E-state index in [1.807, 2.05) is 0 Å². The minimum Gasteiger partial charge on any atom is -0.504 e. The number of phenolic OH excluding ortho intramolecular Hbond substituents is 2. The van der Waals surface area contributed by atoms with E-state index in [-0.39, 0.29) is 11.5 Å². The number of rotatable bonds is 18. The number of primary amides is 1. The number of unbranched alkanes of at least 4 members (excludes halogenated alkanes) is 15. The summed E-state index contributed by atoms with van der Waals surface area (Å²) in [5.41, 5.74) is 5.51. The number of amides is 2. The Labute approximate surface area is 194 Å². The number of benzene rings is 1. The van der Waals surface area contributed by atoms with E-state index in [2.05, 4.69) is 6.92 Å². The Bertz CT molecular complexity index is 663. The van der Waals surface area contributed by atoms with Gasteiger partial charge in [-0.2, -0.15) is 0 Å². The Balaban J connectivity index is 2.10. The van der Waals surface area contributed by atoms with Crippen LogP contribution in [0, 0.1) is 0 Å². The second-order valence-electron chi connectivity index (χ2n) is 8.80. The Hall–Kier alpha value is -2.24. The van der Waals surface area contributed by atoms with E-state index in [0.717, 1.165) is 19.3 Å². The molecule has 6 heteroatoms. The molecule has 0 unspecified atom stereocenters. The number of nitrogens with two attached hydrogens (primary N) is 1. The maximum atomic E-state index is 12.1. The molecular formula is C26H44N2O4. The molecule has 1 aromatic carbocycles. The molecule has 0 heterocycles. The third-order valence-electron chi connectivity index (χ3n) is 5.96. The number of aromatic hydroxyl groups is 2. The van der Waals surface area contributed by atoms with E-state index in [9.17, 15) is 19.8 Å². The van der Waals surface area contributed by atoms with Crippen molar-refractivity contribution in [3.05, 3.63) is 18.2 Å². The summed E-state index contributed by atoms with van der Waals surface area (Å²) in [4.78, 5) is 24.8. The Morgan fingerprint density at radius 2 is 1.16 bits per heavy atom. The number of anilines is 1. The fraction of sp³-hybridized carbons (Fsp3) is 0.692. The van der Waals surface area contributed by atoms with Crippen molar-refractivity contribution < 1.29 is 19.8 Å². The first-order valence-electron chi connectivity index (χ1n) is 12.6. The van der Waals surface area contributed by atoms with Gasteiger partial charge in [0.15, 0.2) is 11.5 Å². The van der Waals surface area contributed by atoms with Gasteiger partial charge < -0.3 is 20.8 Å². The third-order valence-corrected chi connectivity index (χ3v) is 5.96. The van der Waals surface area contributed by atoms with Gasteiger partial charge in [0.05, 0.1) is 0 Å². The molecule has 0 fully saturated rings. The molecule has 6 nitrogen and oxygen atoms in total. The van der Waals surface area contributed by atoms with Crippen molar-refractivity contribution in [2.75, 3.05) is 11.4 Å². The molecule has 0 spiro atoms. The van der Waals surface area contributed by atoms with Crippen LogP contribution in [-0.4, -0.2) is 28.6 Å². The number of carbonyl (C=O) groups is 2. The van der Waals surface area contributed by atoms with Crippen LogP contribution < -0.4 is 10.6 Å². The van der Waals surface area contributed by atoms with Gasteiger partial charge in [-0.1, -0.05) is 103 Å². The van der Waals surface area contributed by atoms with Crippen LogP contribution in [0.15, 0.2) is 18.2 Å². The highest BCUT2D eigenvalue weighted by atomic mass is 16.3. The van der Waals surface area contributed by atoms with E-state index in [1.54, 1.807) is 0 Å². The topological polar surface area (TPSA) is 104 Å². The van der Waals surface area contributed by atoms with E-state index >= 15 is 0 Å². The van der Waals surface area contributed by atoms with Crippen molar-refractivity contribution in [1.29, 1.82) is 0 Å². The largest absolute Gasteiger partial charge is 0.504 e. The third kappa shape index (κ3) is 12.0. The number of hydrogen-bond donors (Lipinski definition) is 3. The molecule has 0 aliphatic rings. The summed E-state index contributed by atoms with van der Waals surface area (Å²) in [5, 5.41) is 19.1. The average Bonchev–Trinajstić information content (AvgIpc) is 2.77. The highest BCUT2D eigenvalue weighted by Crippen LogP contribution is 2.29. The van der Waals surface area contributed by atoms with Gasteiger partial charge in [0.2, 0.25) is 0 Å². The van der Waals surface area contributed by atoms with Crippen molar-refractivity contribution >= 4 is 17.5 Å². The Morgan fingerprint density at radius 1 is 0.719 bits per heavy atom. The molecule has 0 aliphatic heterocycles. The van der Waals surface area contributed by atoms with Crippen LogP contribution in [0.1, 0.15) is 110 Å². The van der Waals surface area contributed by atoms with Gasteiger partial charge in [-0.25, -0.2) is 0 Å². The highest BCUT2D eigenvalue weighted by Gasteiger charge is 2.21. The number of phenols is 2. The normalized spacial score (nSPS) is 10.9. The molecule has 0 saturated heterocycles. The van der Waals surface area contributed by atoms with Crippen LogP contribution in [0.25, 0.3) is 0 Å². The smallest absolute Gasteiger partial charge is 0.316 e. The summed E-state index contributed by atoms with van der Waals surface area (Å²) < 4.78 is 0. The molecule has 0 radical (unpaired) electrons. The Morgan fingerprint density at radius 3 is 1.56 bits per heavy atom. The van der Waals surface area contributed by atoms with Crippen LogP contribution in [0.2, 0.25) is 0 Å². The lowest BCUT2D eigenvalue weighted by molar-refractivity contribution is -0.135. The average molecular weight is 449 g/mol. The van der Waals surface area contributed by atoms with Crippen molar-refractivity contribution in [3.63, 3.8) is 0 Å². The van der Waals surface area contributed by atoms with Gasteiger partial charge in [0.25, 0.3) is 0 Å². The maximum Gasteiger partial charge on any atom is 0.316 e. The predicted molar refractivity (Wildman–Crippen MR) is 131 cm³/mol. The van der Waals surface area contributed by atoms with Crippen molar-refractivity contribution in [3.8, 4) is 11.5 Å². The minimum atomic E-state index is -1.03. The molecule has 4 N–H and O–H groups in total. The van der Waals surface area contributed by atoms with E-state index in [4.69, 9.17) is 5.73 Å². The first-order chi connectivity index (χ1) is 15.5. The zero-order chi connectivity index (χ0) is 23.6. The standard InChI is InChI=1S/C26H44N2O4/c1-2-3-4-5-6-7-8-9-10-11-12-13-14-15-16-17-20-28(26(32)25(27)31)22-18-19-23(29)24(30)21-22/h18-19,21,29-30H,2-17,20H2,1H3,(H2,27,31). The fourth-order valence-corrected chi connectivity index (χ4v) is 3.98. The highest BCUT2D eigenvalue weighted by molar-refractivity contribution is 6.39. The van der Waals surface area contributed by atoms with Gasteiger partial charge in [-0.05, 0) is 18.6 Å². The molecular weight excluding hydrogens is 404 g/mol. The SMILES string of the molecule is CCCCCCCCCCCCCCCCCCN(C(=O)C(N)=O)c1ccc(O)c(O)c1. The first kappa shape index (κ1) is 27.8. The van der Waals surface area contributed by atoms with E-state index < -0.39 is 11.8 Å². The molecule has 0 saturated carbocycles. The van der Waals surface area contributed by atoms with E-state index in [0.29, 0.717) is 12.2 Å². The van der Waals surface area contributed by atoms with Gasteiger partial charge in [0.1, 0.15) is 0 Å². The van der Waals surface area contributed by atoms with Crippen LogP contribution in [0.5, 0.6) is 11.5 Å². The van der Waals surface area contributed by atoms with Crippen LogP contribution >= 0.6 is 0 Å². The number of hydrogen-bond acceptors (Lipinski definition) is 4. The molecule has 0 aromatic heterocycles. The monoisotopic (exact) mass is 448 g/mol. The molecule has 2 amide bonds. The zero-order valence-electron chi connectivity index (χ0n) is 20.0. The molecule has 0 bridgehead atoms. The summed E-state index contributed by atoms with van der Waals surface area (Å²) in [6.45, 7) is 2.61. The van der Waals surface area contributed by atoms with Gasteiger partial charge in [-0.3, -0.25) is 9.59 Å². The molecule has 32 heavy (non-hydrogen) atoms. The van der Waals surface area contributed by atoms with Gasteiger partial charge in [-0.15, -0.1) is 0 Å². The quantitative estimate of drug-likeness (QED) is 0.142. The second-order valence-corrected chi connectivity index (χ2v) is 8.80. The first-order valence-corrected chi connectivity index (χ1v) is 12.6. The lowest BCUT2D eigenvalue weighted by atomic mass is 10.0. The second kappa shape index (κ2) is 17.3. The van der Waals surface area contributed by atoms with Crippen molar-refractivity contribution in [2.24, 2.45) is 5.73 Å². The van der Waals surface area contributed by atoms with Crippen molar-refractivity contribution in [2.45, 2.75) is 110 Å². The van der Waals surface area contributed by atoms with Crippen LogP contribution in [0.3, 0.4) is 0 Å². The van der Waals surface area contributed by atoms with E-state index in [1.165, 1.54) is 107 Å². The molecule has 0 aliphatic carbocycles. The minimum absolute atomic E-state index is 0.275. The van der Waals surface area contributed by atoms with Gasteiger partial charge in [0, 0.05) is 18.3 Å². The fourth-order valence-electron chi connectivity index (χ4n) is 3.98. The predicted octanol–water partition coefficient (Wildman–Crippen LogP) is 6.18. The lowest BCUT2D eigenvalue weighted by Gasteiger charge is -2.21.